The third kappa shape index (κ3) is 5.30. The Morgan fingerprint density at radius 1 is 1.04 bits per heavy atom. The van der Waals surface area contributed by atoms with Crippen molar-refractivity contribution in [2.45, 2.75) is 6.92 Å². The van der Waals surface area contributed by atoms with E-state index in [1.165, 1.54) is 0 Å². The average Bonchev–Trinajstić information content (AvgIpc) is 2.62. The number of ether oxygens (including phenoxy) is 2. The summed E-state index contributed by atoms with van der Waals surface area (Å²) in [5.74, 6) is -0.455. The molecule has 0 aliphatic rings. The average molecular weight is 407 g/mol. The Labute approximate surface area is 154 Å². The number of amides is 2. The first-order valence-electron chi connectivity index (χ1n) is 7.60. The van der Waals surface area contributed by atoms with Gasteiger partial charge in [-0.25, -0.2) is 0 Å². The van der Waals surface area contributed by atoms with Gasteiger partial charge in [-0.1, -0.05) is 34.1 Å². The number of rotatable bonds is 6. The molecule has 0 saturated heterocycles. The quantitative estimate of drug-likeness (QED) is 0.571. The van der Waals surface area contributed by atoms with Crippen LogP contribution < -0.4 is 15.6 Å². The van der Waals surface area contributed by atoms with Gasteiger partial charge >= 0.3 is 0 Å². The van der Waals surface area contributed by atoms with Crippen molar-refractivity contribution in [3.8, 4) is 5.75 Å². The summed E-state index contributed by atoms with van der Waals surface area (Å²) in [6, 6.07) is 12.0. The van der Waals surface area contributed by atoms with Crippen molar-refractivity contribution in [1.29, 1.82) is 0 Å². The summed E-state index contributed by atoms with van der Waals surface area (Å²) in [5, 5.41) is 0. The highest BCUT2D eigenvalue weighted by atomic mass is 79.9. The SMILES string of the molecule is COCCOc1ccccc1C(=O)NNC(=O)c1ccc(C)c(Br)c1. The molecule has 0 spiro atoms. The zero-order valence-electron chi connectivity index (χ0n) is 14.0. The highest BCUT2D eigenvalue weighted by Crippen LogP contribution is 2.18. The van der Waals surface area contributed by atoms with Gasteiger partial charge in [0.1, 0.15) is 12.4 Å². The summed E-state index contributed by atoms with van der Waals surface area (Å²) >= 11 is 3.38. The van der Waals surface area contributed by atoms with Gasteiger partial charge in [0.05, 0.1) is 12.2 Å². The highest BCUT2D eigenvalue weighted by molar-refractivity contribution is 9.10. The van der Waals surface area contributed by atoms with E-state index in [-0.39, 0.29) is 0 Å². The maximum Gasteiger partial charge on any atom is 0.273 e. The van der Waals surface area contributed by atoms with Gasteiger partial charge in [0.2, 0.25) is 0 Å². The van der Waals surface area contributed by atoms with Crippen LogP contribution in [0.4, 0.5) is 0 Å². The second kappa shape index (κ2) is 9.19. The van der Waals surface area contributed by atoms with E-state index in [1.54, 1.807) is 43.5 Å². The van der Waals surface area contributed by atoms with Crippen molar-refractivity contribution >= 4 is 27.7 Å². The van der Waals surface area contributed by atoms with Gasteiger partial charge in [-0.2, -0.15) is 0 Å². The number of aryl methyl sites for hydroxylation is 1. The number of halogens is 1. The minimum atomic E-state index is -0.465. The molecule has 0 unspecified atom stereocenters. The molecule has 0 aliphatic carbocycles. The molecule has 2 N–H and O–H groups in total. The van der Waals surface area contributed by atoms with Crippen molar-refractivity contribution in [1.82, 2.24) is 10.9 Å². The van der Waals surface area contributed by atoms with E-state index in [9.17, 15) is 9.59 Å². The number of hydrogen-bond donors (Lipinski definition) is 2. The predicted octanol–water partition coefficient (Wildman–Crippen LogP) is 2.86. The van der Waals surface area contributed by atoms with Gasteiger partial charge in [0.25, 0.3) is 11.8 Å². The Bertz CT molecular complexity index is 764. The van der Waals surface area contributed by atoms with E-state index in [2.05, 4.69) is 26.8 Å². The molecular formula is C18H19BrN2O4. The number of carbonyl (C=O) groups excluding carboxylic acids is 2. The van der Waals surface area contributed by atoms with Crippen molar-refractivity contribution in [3.05, 3.63) is 63.6 Å². The first-order chi connectivity index (χ1) is 12.0. The van der Waals surface area contributed by atoms with Gasteiger partial charge in [0.15, 0.2) is 0 Å². The van der Waals surface area contributed by atoms with Crippen molar-refractivity contribution in [2.75, 3.05) is 20.3 Å². The fraction of sp³-hybridized carbons (Fsp3) is 0.222. The van der Waals surface area contributed by atoms with Crippen LogP contribution in [0.5, 0.6) is 5.75 Å². The second-order valence-corrected chi connectivity index (χ2v) is 6.06. The molecular weight excluding hydrogens is 388 g/mol. The summed E-state index contributed by atoms with van der Waals surface area (Å²) in [4.78, 5) is 24.5. The predicted molar refractivity (Wildman–Crippen MR) is 97.6 cm³/mol. The van der Waals surface area contributed by atoms with Crippen LogP contribution in [0, 0.1) is 6.92 Å². The summed E-state index contributed by atoms with van der Waals surface area (Å²) in [7, 11) is 1.57. The van der Waals surface area contributed by atoms with E-state index < -0.39 is 11.8 Å². The van der Waals surface area contributed by atoms with Crippen molar-refractivity contribution in [2.24, 2.45) is 0 Å². The lowest BCUT2D eigenvalue weighted by Gasteiger charge is -2.12. The molecule has 0 aromatic heterocycles. The molecule has 6 nitrogen and oxygen atoms in total. The first-order valence-corrected chi connectivity index (χ1v) is 8.40. The van der Waals surface area contributed by atoms with Crippen LogP contribution in [0.25, 0.3) is 0 Å². The van der Waals surface area contributed by atoms with Crippen LogP contribution in [0.3, 0.4) is 0 Å². The van der Waals surface area contributed by atoms with Gasteiger partial charge in [0, 0.05) is 17.1 Å². The van der Waals surface area contributed by atoms with Gasteiger partial charge in [-0.05, 0) is 36.8 Å². The summed E-state index contributed by atoms with van der Waals surface area (Å²) in [6.07, 6.45) is 0. The molecule has 2 aromatic carbocycles. The van der Waals surface area contributed by atoms with Crippen LogP contribution in [0.15, 0.2) is 46.9 Å². The smallest absolute Gasteiger partial charge is 0.273 e. The minimum Gasteiger partial charge on any atom is -0.490 e. The lowest BCUT2D eigenvalue weighted by molar-refractivity contribution is 0.0842. The molecule has 0 aliphatic heterocycles. The number of carbonyl (C=O) groups is 2. The Morgan fingerprint density at radius 3 is 2.48 bits per heavy atom. The summed E-state index contributed by atoms with van der Waals surface area (Å²) in [5.41, 5.74) is 6.57. The van der Waals surface area contributed by atoms with E-state index in [0.717, 1.165) is 10.0 Å². The van der Waals surface area contributed by atoms with Crippen LogP contribution in [0.1, 0.15) is 26.3 Å². The summed E-state index contributed by atoms with van der Waals surface area (Å²) < 4.78 is 11.3. The van der Waals surface area contributed by atoms with E-state index in [4.69, 9.17) is 9.47 Å². The summed E-state index contributed by atoms with van der Waals surface area (Å²) in [6.45, 7) is 2.66. The van der Waals surface area contributed by atoms with Crippen LogP contribution in [-0.4, -0.2) is 32.1 Å². The number of methoxy groups -OCH3 is 1. The molecule has 0 heterocycles. The van der Waals surface area contributed by atoms with E-state index in [1.807, 2.05) is 13.0 Å². The number of hydrogen-bond acceptors (Lipinski definition) is 4. The third-order valence-electron chi connectivity index (χ3n) is 3.40. The maximum atomic E-state index is 12.3. The largest absolute Gasteiger partial charge is 0.490 e. The monoisotopic (exact) mass is 406 g/mol. The zero-order valence-corrected chi connectivity index (χ0v) is 15.6. The molecule has 2 aromatic rings. The number of benzene rings is 2. The number of nitrogens with one attached hydrogen (secondary N) is 2. The molecule has 0 fully saturated rings. The molecule has 25 heavy (non-hydrogen) atoms. The first kappa shape index (κ1) is 19.0. The molecule has 132 valence electrons. The fourth-order valence-corrected chi connectivity index (χ4v) is 2.38. The maximum absolute atomic E-state index is 12.3. The molecule has 2 rings (SSSR count). The minimum absolute atomic E-state index is 0.323. The van der Waals surface area contributed by atoms with Crippen molar-refractivity contribution in [3.63, 3.8) is 0 Å². The zero-order chi connectivity index (χ0) is 18.2. The lowest BCUT2D eigenvalue weighted by Crippen LogP contribution is -2.41. The molecule has 0 radical (unpaired) electrons. The standard InChI is InChI=1S/C18H19BrN2O4/c1-12-7-8-13(11-15(12)19)17(22)20-21-18(23)14-5-3-4-6-16(14)25-10-9-24-2/h3-8,11H,9-10H2,1-2H3,(H,20,22)(H,21,23). The Hall–Kier alpha value is -2.38. The highest BCUT2D eigenvalue weighted by Gasteiger charge is 2.14. The van der Waals surface area contributed by atoms with Crippen LogP contribution >= 0.6 is 15.9 Å². The normalized spacial score (nSPS) is 10.2. The van der Waals surface area contributed by atoms with Crippen LogP contribution in [0.2, 0.25) is 0 Å². The molecule has 2 amide bonds. The third-order valence-corrected chi connectivity index (χ3v) is 4.25. The Kier molecular flexibility index (Phi) is 6.97. The van der Waals surface area contributed by atoms with Crippen molar-refractivity contribution < 1.29 is 19.1 Å². The topological polar surface area (TPSA) is 76.7 Å². The van der Waals surface area contributed by atoms with Crippen LogP contribution in [-0.2, 0) is 4.74 Å². The van der Waals surface area contributed by atoms with E-state index >= 15 is 0 Å². The molecule has 0 saturated carbocycles. The van der Waals surface area contributed by atoms with E-state index in [0.29, 0.717) is 30.1 Å². The number of para-hydroxylation sites is 1. The molecule has 0 atom stereocenters. The lowest BCUT2D eigenvalue weighted by atomic mass is 10.1. The Balaban J connectivity index is 2.00. The van der Waals surface area contributed by atoms with Gasteiger partial charge < -0.3 is 9.47 Å². The molecule has 7 heteroatoms. The van der Waals surface area contributed by atoms with Gasteiger partial charge in [-0.3, -0.25) is 20.4 Å². The molecule has 0 bridgehead atoms. The van der Waals surface area contributed by atoms with Gasteiger partial charge in [-0.15, -0.1) is 0 Å². The Morgan fingerprint density at radius 2 is 1.76 bits per heavy atom. The number of hydrazine groups is 1. The second-order valence-electron chi connectivity index (χ2n) is 5.21. The fourth-order valence-electron chi connectivity index (χ4n) is 2.00.